The molecular formula is C22H21ClFN5O2. The van der Waals surface area contributed by atoms with E-state index in [1.807, 2.05) is 4.90 Å². The quantitative estimate of drug-likeness (QED) is 0.579. The topological polar surface area (TPSA) is 80.2 Å². The molecule has 1 N–H and O–H groups in total. The van der Waals surface area contributed by atoms with Gasteiger partial charge in [-0.05, 0) is 36.8 Å². The molecule has 2 aromatic heterocycles. The third-order valence-corrected chi connectivity index (χ3v) is 5.26. The number of anilines is 3. The van der Waals surface area contributed by atoms with Gasteiger partial charge in [0, 0.05) is 36.9 Å². The van der Waals surface area contributed by atoms with Crippen molar-refractivity contribution in [3.8, 4) is 0 Å². The molecule has 160 valence electrons. The number of morpholine rings is 1. The molecule has 7 nitrogen and oxygen atoms in total. The number of Topliss-reactive ketones (excluding diaryl/α,β-unsaturated/α-hetero) is 1. The first-order valence-electron chi connectivity index (χ1n) is 9.86. The average molecular weight is 442 g/mol. The summed E-state index contributed by atoms with van der Waals surface area (Å²) in [5.74, 6) is -0.0183. The fraction of sp³-hybridized carbons (Fsp3) is 0.273. The second-order valence-electron chi connectivity index (χ2n) is 7.15. The van der Waals surface area contributed by atoms with Gasteiger partial charge in [-0.2, -0.15) is 0 Å². The highest BCUT2D eigenvalue weighted by Gasteiger charge is 2.18. The highest BCUT2D eigenvalue weighted by Crippen LogP contribution is 2.26. The van der Waals surface area contributed by atoms with Gasteiger partial charge in [0.15, 0.2) is 5.78 Å². The smallest absolute Gasteiger partial charge is 0.225 e. The molecule has 31 heavy (non-hydrogen) atoms. The second kappa shape index (κ2) is 9.36. The van der Waals surface area contributed by atoms with Crippen molar-refractivity contribution in [2.24, 2.45) is 0 Å². The lowest BCUT2D eigenvalue weighted by Crippen LogP contribution is -2.37. The van der Waals surface area contributed by atoms with Gasteiger partial charge in [0.2, 0.25) is 5.95 Å². The van der Waals surface area contributed by atoms with Crippen molar-refractivity contribution in [2.45, 2.75) is 13.3 Å². The lowest BCUT2D eigenvalue weighted by atomic mass is 10.0. The van der Waals surface area contributed by atoms with Gasteiger partial charge in [-0.25, -0.2) is 14.4 Å². The van der Waals surface area contributed by atoms with Crippen LogP contribution in [0.3, 0.4) is 0 Å². The van der Waals surface area contributed by atoms with Crippen LogP contribution in [0.25, 0.3) is 0 Å². The Hall–Kier alpha value is -3.10. The normalized spacial score (nSPS) is 13.8. The SMILES string of the molecule is Cc1nc(N2CCOCC2)ncc1C(=O)Cc1ccncc1Nc1ccc(Cl)cc1F. The van der Waals surface area contributed by atoms with E-state index in [4.69, 9.17) is 16.3 Å². The van der Waals surface area contributed by atoms with Gasteiger partial charge in [-0.1, -0.05) is 11.6 Å². The van der Waals surface area contributed by atoms with E-state index in [1.165, 1.54) is 6.07 Å². The molecule has 1 aliphatic heterocycles. The number of halogens is 2. The number of aryl methyl sites for hydroxylation is 1. The summed E-state index contributed by atoms with van der Waals surface area (Å²) in [4.78, 5) is 28.0. The van der Waals surface area contributed by atoms with Crippen molar-refractivity contribution in [2.75, 3.05) is 36.5 Å². The first-order valence-corrected chi connectivity index (χ1v) is 10.2. The Balaban J connectivity index is 1.52. The molecule has 1 saturated heterocycles. The Morgan fingerprint density at radius 3 is 2.77 bits per heavy atom. The van der Waals surface area contributed by atoms with Crippen LogP contribution in [0.4, 0.5) is 21.7 Å². The molecule has 4 rings (SSSR count). The molecule has 0 spiro atoms. The van der Waals surface area contributed by atoms with Gasteiger partial charge in [0.25, 0.3) is 0 Å². The monoisotopic (exact) mass is 441 g/mol. The Bertz CT molecular complexity index is 1110. The van der Waals surface area contributed by atoms with Crippen LogP contribution < -0.4 is 10.2 Å². The Kier molecular flexibility index (Phi) is 6.39. The molecule has 1 aliphatic rings. The number of ketones is 1. The van der Waals surface area contributed by atoms with Gasteiger partial charge >= 0.3 is 0 Å². The number of ether oxygens (including phenoxy) is 1. The van der Waals surface area contributed by atoms with Crippen molar-refractivity contribution in [3.63, 3.8) is 0 Å². The van der Waals surface area contributed by atoms with E-state index >= 15 is 0 Å². The largest absolute Gasteiger partial charge is 0.378 e. The van der Waals surface area contributed by atoms with Crippen molar-refractivity contribution in [1.82, 2.24) is 15.0 Å². The van der Waals surface area contributed by atoms with Crippen LogP contribution >= 0.6 is 11.6 Å². The van der Waals surface area contributed by atoms with E-state index in [0.717, 1.165) is 13.1 Å². The molecule has 0 radical (unpaired) electrons. The first-order chi connectivity index (χ1) is 15.0. The number of aromatic nitrogens is 3. The number of benzene rings is 1. The van der Waals surface area contributed by atoms with Crippen LogP contribution in [0.2, 0.25) is 5.02 Å². The minimum Gasteiger partial charge on any atom is -0.378 e. The molecule has 0 bridgehead atoms. The maximum absolute atomic E-state index is 14.2. The number of hydrogen-bond donors (Lipinski definition) is 1. The Morgan fingerprint density at radius 2 is 2.03 bits per heavy atom. The van der Waals surface area contributed by atoms with Crippen molar-refractivity contribution in [3.05, 3.63) is 70.5 Å². The molecule has 0 aliphatic carbocycles. The number of carbonyl (C=O) groups excluding carboxylic acids is 1. The van der Waals surface area contributed by atoms with Gasteiger partial charge < -0.3 is 15.0 Å². The fourth-order valence-corrected chi connectivity index (χ4v) is 3.50. The summed E-state index contributed by atoms with van der Waals surface area (Å²) in [7, 11) is 0. The van der Waals surface area contributed by atoms with Crippen LogP contribution in [-0.2, 0) is 11.2 Å². The van der Waals surface area contributed by atoms with Gasteiger partial charge in [0.1, 0.15) is 5.82 Å². The molecule has 0 saturated carbocycles. The van der Waals surface area contributed by atoms with E-state index in [-0.39, 0.29) is 17.9 Å². The van der Waals surface area contributed by atoms with Crippen LogP contribution in [0, 0.1) is 12.7 Å². The third-order valence-electron chi connectivity index (χ3n) is 5.02. The molecule has 3 heterocycles. The number of rotatable bonds is 6. The highest BCUT2D eigenvalue weighted by atomic mass is 35.5. The van der Waals surface area contributed by atoms with E-state index in [9.17, 15) is 9.18 Å². The zero-order valence-corrected chi connectivity index (χ0v) is 17.7. The van der Waals surface area contributed by atoms with Gasteiger partial charge in [0.05, 0.1) is 42.0 Å². The molecule has 0 atom stereocenters. The van der Waals surface area contributed by atoms with Crippen molar-refractivity contribution < 1.29 is 13.9 Å². The van der Waals surface area contributed by atoms with Crippen LogP contribution in [0.15, 0.2) is 42.9 Å². The van der Waals surface area contributed by atoms with Crippen LogP contribution in [-0.4, -0.2) is 47.0 Å². The highest BCUT2D eigenvalue weighted by molar-refractivity contribution is 6.30. The number of nitrogens with zero attached hydrogens (tertiary/aromatic N) is 4. The number of pyridine rings is 1. The third kappa shape index (κ3) is 4.98. The zero-order chi connectivity index (χ0) is 21.8. The van der Waals surface area contributed by atoms with Crippen molar-refractivity contribution in [1.29, 1.82) is 0 Å². The molecular weight excluding hydrogens is 421 g/mol. The van der Waals surface area contributed by atoms with Gasteiger partial charge in [-0.3, -0.25) is 9.78 Å². The minimum atomic E-state index is -0.489. The number of nitrogens with one attached hydrogen (secondary N) is 1. The Morgan fingerprint density at radius 1 is 1.23 bits per heavy atom. The van der Waals surface area contributed by atoms with E-state index in [0.29, 0.717) is 46.7 Å². The molecule has 1 aromatic carbocycles. The summed E-state index contributed by atoms with van der Waals surface area (Å²) in [5, 5.41) is 3.30. The Labute approximate surface area is 184 Å². The standard InChI is InChI=1S/C22H21ClFN5O2/c1-14-17(12-26-22(27-14)29-6-8-31-9-7-29)21(30)10-15-4-5-25-13-20(15)28-19-3-2-16(23)11-18(19)24/h2-5,11-13,28H,6-10H2,1H3. The molecule has 9 heteroatoms. The summed E-state index contributed by atoms with van der Waals surface area (Å²) in [5.41, 5.74) is 2.55. The summed E-state index contributed by atoms with van der Waals surface area (Å²) >= 11 is 5.82. The number of hydrogen-bond acceptors (Lipinski definition) is 7. The van der Waals surface area contributed by atoms with E-state index in [1.54, 1.807) is 43.7 Å². The molecule has 0 amide bonds. The summed E-state index contributed by atoms with van der Waals surface area (Å²) in [6.07, 6.45) is 4.82. The van der Waals surface area contributed by atoms with Crippen LogP contribution in [0.1, 0.15) is 21.6 Å². The average Bonchev–Trinajstić information content (AvgIpc) is 2.77. The van der Waals surface area contributed by atoms with E-state index in [2.05, 4.69) is 20.3 Å². The predicted molar refractivity (Wildman–Crippen MR) is 117 cm³/mol. The lowest BCUT2D eigenvalue weighted by molar-refractivity contribution is 0.0991. The second-order valence-corrected chi connectivity index (χ2v) is 7.59. The maximum atomic E-state index is 14.2. The van der Waals surface area contributed by atoms with Crippen LogP contribution in [0.5, 0.6) is 0 Å². The molecule has 0 unspecified atom stereocenters. The maximum Gasteiger partial charge on any atom is 0.225 e. The summed E-state index contributed by atoms with van der Waals surface area (Å²) < 4.78 is 19.5. The predicted octanol–water partition coefficient (Wildman–Crippen LogP) is 3.98. The molecule has 1 fully saturated rings. The van der Waals surface area contributed by atoms with Gasteiger partial charge in [-0.15, -0.1) is 0 Å². The summed E-state index contributed by atoms with van der Waals surface area (Å²) in [6, 6.07) is 6.08. The molecule has 3 aromatic rings. The van der Waals surface area contributed by atoms with Crippen molar-refractivity contribution >= 4 is 34.7 Å². The zero-order valence-electron chi connectivity index (χ0n) is 16.9. The number of carbonyl (C=O) groups is 1. The first kappa shape index (κ1) is 21.1. The minimum absolute atomic E-state index is 0.0984. The van der Waals surface area contributed by atoms with E-state index < -0.39 is 5.82 Å². The lowest BCUT2D eigenvalue weighted by Gasteiger charge is -2.27. The summed E-state index contributed by atoms with van der Waals surface area (Å²) in [6.45, 7) is 4.51. The fourth-order valence-electron chi connectivity index (χ4n) is 3.34.